The number of carbonyl (C=O) groups is 2. The van der Waals surface area contributed by atoms with Crippen LogP contribution in [0.4, 0.5) is 0 Å². The third kappa shape index (κ3) is 4.52. The molecule has 2 heterocycles. The molecular weight excluding hydrogens is 330 g/mol. The lowest BCUT2D eigenvalue weighted by atomic mass is 10.0. The highest BCUT2D eigenvalue weighted by Gasteiger charge is 2.32. The largest absolute Gasteiger partial charge is 0.459 e. The summed E-state index contributed by atoms with van der Waals surface area (Å²) in [5.41, 5.74) is 1.01. The van der Waals surface area contributed by atoms with Gasteiger partial charge in [-0.1, -0.05) is 30.3 Å². The molecule has 2 atom stereocenters. The maximum Gasteiger partial charge on any atom is 0.287 e. The summed E-state index contributed by atoms with van der Waals surface area (Å²) in [6, 6.07) is 12.4. The fraction of sp³-hybridized carbons (Fsp3) is 0.400. The number of hydrogen-bond donors (Lipinski definition) is 2. The average molecular weight is 355 g/mol. The van der Waals surface area contributed by atoms with Crippen LogP contribution in [0.2, 0.25) is 0 Å². The third-order valence-electron chi connectivity index (χ3n) is 4.72. The van der Waals surface area contributed by atoms with Gasteiger partial charge in [0, 0.05) is 19.5 Å². The number of nitrogens with zero attached hydrogens (tertiary/aromatic N) is 1. The molecule has 1 saturated heterocycles. The Labute approximate surface area is 153 Å². The number of amides is 2. The molecule has 2 unspecified atom stereocenters. The van der Waals surface area contributed by atoms with Crippen molar-refractivity contribution < 1.29 is 14.0 Å². The Bertz CT molecular complexity index is 715. The number of furan rings is 1. The predicted molar refractivity (Wildman–Crippen MR) is 98.7 cm³/mol. The van der Waals surface area contributed by atoms with Crippen LogP contribution in [0.3, 0.4) is 0 Å². The molecular formula is C20H25N3O3. The van der Waals surface area contributed by atoms with E-state index in [9.17, 15) is 9.59 Å². The van der Waals surface area contributed by atoms with Crippen molar-refractivity contribution in [2.24, 2.45) is 5.92 Å². The van der Waals surface area contributed by atoms with E-state index >= 15 is 0 Å². The second-order valence-electron chi connectivity index (χ2n) is 6.69. The van der Waals surface area contributed by atoms with Crippen LogP contribution in [-0.2, 0) is 11.2 Å². The highest BCUT2D eigenvalue weighted by atomic mass is 16.3. The molecule has 1 aromatic carbocycles. The summed E-state index contributed by atoms with van der Waals surface area (Å²) in [4.78, 5) is 27.3. The number of rotatable bonds is 7. The number of carbonyl (C=O) groups excluding carboxylic acids is 2. The van der Waals surface area contributed by atoms with Gasteiger partial charge in [-0.3, -0.25) is 9.59 Å². The number of nitrogens with one attached hydrogen (secondary N) is 2. The van der Waals surface area contributed by atoms with Crippen molar-refractivity contribution in [2.45, 2.75) is 18.9 Å². The topological polar surface area (TPSA) is 74.6 Å². The van der Waals surface area contributed by atoms with Gasteiger partial charge in [-0.15, -0.1) is 0 Å². The molecule has 2 N–H and O–H groups in total. The van der Waals surface area contributed by atoms with Crippen molar-refractivity contribution in [1.82, 2.24) is 15.5 Å². The minimum atomic E-state index is -0.608. The summed E-state index contributed by atoms with van der Waals surface area (Å²) in [6.07, 6.45) is 2.89. The number of likely N-dealkylation sites (tertiary alicyclic amines) is 1. The van der Waals surface area contributed by atoms with Crippen molar-refractivity contribution in [3.05, 3.63) is 60.1 Å². The van der Waals surface area contributed by atoms with E-state index in [1.54, 1.807) is 12.1 Å². The van der Waals surface area contributed by atoms with Crippen LogP contribution in [0.15, 0.2) is 53.1 Å². The molecule has 1 aromatic heterocycles. The van der Waals surface area contributed by atoms with Crippen LogP contribution in [0, 0.1) is 5.92 Å². The van der Waals surface area contributed by atoms with Crippen LogP contribution in [-0.4, -0.2) is 49.4 Å². The first kappa shape index (κ1) is 18.2. The standard InChI is InChI=1S/C20H25N3O3/c1-21-13-16-9-10-23(14-16)20(25)17(12-15-6-3-2-4-7-15)22-19(24)18-8-5-11-26-18/h2-8,11,16-17,21H,9-10,12-14H2,1H3,(H,22,24). The highest BCUT2D eigenvalue weighted by molar-refractivity contribution is 5.95. The molecule has 1 aliphatic heterocycles. The smallest absolute Gasteiger partial charge is 0.287 e. The van der Waals surface area contributed by atoms with Gasteiger partial charge in [0.15, 0.2) is 5.76 Å². The van der Waals surface area contributed by atoms with Gasteiger partial charge >= 0.3 is 0 Å². The molecule has 138 valence electrons. The van der Waals surface area contributed by atoms with Gasteiger partial charge in [0.2, 0.25) is 5.91 Å². The Morgan fingerprint density at radius 3 is 2.73 bits per heavy atom. The minimum absolute atomic E-state index is 0.0348. The zero-order chi connectivity index (χ0) is 18.4. The SMILES string of the molecule is CNCC1CCN(C(=O)C(Cc2ccccc2)NC(=O)c2ccco2)C1. The first-order valence-electron chi connectivity index (χ1n) is 8.99. The third-order valence-corrected chi connectivity index (χ3v) is 4.72. The van der Waals surface area contributed by atoms with E-state index in [1.807, 2.05) is 42.3 Å². The minimum Gasteiger partial charge on any atom is -0.459 e. The molecule has 0 bridgehead atoms. The lowest BCUT2D eigenvalue weighted by Crippen LogP contribution is -2.49. The van der Waals surface area contributed by atoms with Crippen LogP contribution < -0.4 is 10.6 Å². The molecule has 2 aromatic rings. The summed E-state index contributed by atoms with van der Waals surface area (Å²) < 4.78 is 5.16. The first-order valence-corrected chi connectivity index (χ1v) is 8.99. The summed E-state index contributed by atoms with van der Waals surface area (Å²) in [6.45, 7) is 2.35. The van der Waals surface area contributed by atoms with Crippen molar-refractivity contribution in [3.8, 4) is 0 Å². The second-order valence-corrected chi connectivity index (χ2v) is 6.69. The molecule has 0 radical (unpaired) electrons. The van der Waals surface area contributed by atoms with Gasteiger partial charge in [0.1, 0.15) is 6.04 Å². The summed E-state index contributed by atoms with van der Waals surface area (Å²) in [7, 11) is 1.92. The highest BCUT2D eigenvalue weighted by Crippen LogP contribution is 2.18. The van der Waals surface area contributed by atoms with Crippen LogP contribution in [0.1, 0.15) is 22.5 Å². The molecule has 6 heteroatoms. The maximum absolute atomic E-state index is 13.1. The molecule has 1 aliphatic rings. The van der Waals surface area contributed by atoms with E-state index in [4.69, 9.17) is 4.42 Å². The fourth-order valence-corrected chi connectivity index (χ4v) is 3.40. The Balaban J connectivity index is 1.71. The lowest BCUT2D eigenvalue weighted by Gasteiger charge is -2.24. The fourth-order valence-electron chi connectivity index (χ4n) is 3.40. The van der Waals surface area contributed by atoms with Gasteiger partial charge < -0.3 is 20.0 Å². The molecule has 0 spiro atoms. The molecule has 26 heavy (non-hydrogen) atoms. The van der Waals surface area contributed by atoms with E-state index in [2.05, 4.69) is 10.6 Å². The maximum atomic E-state index is 13.1. The first-order chi connectivity index (χ1) is 12.7. The Morgan fingerprint density at radius 1 is 1.23 bits per heavy atom. The van der Waals surface area contributed by atoms with E-state index in [-0.39, 0.29) is 17.6 Å². The van der Waals surface area contributed by atoms with Crippen LogP contribution in [0.25, 0.3) is 0 Å². The lowest BCUT2D eigenvalue weighted by molar-refractivity contribution is -0.132. The summed E-state index contributed by atoms with van der Waals surface area (Å²) in [5, 5.41) is 6.02. The molecule has 0 aliphatic carbocycles. The van der Waals surface area contributed by atoms with Gasteiger partial charge in [-0.2, -0.15) is 0 Å². The average Bonchev–Trinajstić information content (AvgIpc) is 3.34. The zero-order valence-corrected chi connectivity index (χ0v) is 15.0. The molecule has 0 saturated carbocycles. The predicted octanol–water partition coefficient (Wildman–Crippen LogP) is 1.69. The van der Waals surface area contributed by atoms with E-state index in [0.717, 1.165) is 31.6 Å². The number of benzene rings is 1. The van der Waals surface area contributed by atoms with E-state index < -0.39 is 6.04 Å². The van der Waals surface area contributed by atoms with Gasteiger partial charge in [-0.25, -0.2) is 0 Å². The quantitative estimate of drug-likeness (QED) is 0.793. The van der Waals surface area contributed by atoms with Crippen molar-refractivity contribution in [3.63, 3.8) is 0 Å². The van der Waals surface area contributed by atoms with Gasteiger partial charge in [-0.05, 0) is 43.6 Å². The summed E-state index contributed by atoms with van der Waals surface area (Å²) in [5.74, 6) is 0.273. The Kier molecular flexibility index (Phi) is 6.07. The van der Waals surface area contributed by atoms with Crippen LogP contribution in [0.5, 0.6) is 0 Å². The number of hydrogen-bond acceptors (Lipinski definition) is 4. The molecule has 2 amide bonds. The zero-order valence-electron chi connectivity index (χ0n) is 15.0. The van der Waals surface area contributed by atoms with Gasteiger partial charge in [0.05, 0.1) is 6.26 Å². The normalized spacial score (nSPS) is 17.9. The molecule has 6 nitrogen and oxygen atoms in total. The van der Waals surface area contributed by atoms with Crippen molar-refractivity contribution >= 4 is 11.8 Å². The van der Waals surface area contributed by atoms with E-state index in [1.165, 1.54) is 6.26 Å². The van der Waals surface area contributed by atoms with Crippen molar-refractivity contribution in [1.29, 1.82) is 0 Å². The second kappa shape index (κ2) is 8.67. The van der Waals surface area contributed by atoms with Crippen LogP contribution >= 0.6 is 0 Å². The molecule has 3 rings (SSSR count). The monoisotopic (exact) mass is 355 g/mol. The molecule has 1 fully saturated rings. The van der Waals surface area contributed by atoms with Gasteiger partial charge in [0.25, 0.3) is 5.91 Å². The summed E-state index contributed by atoms with van der Waals surface area (Å²) >= 11 is 0. The Morgan fingerprint density at radius 2 is 2.04 bits per heavy atom. The Hall–Kier alpha value is -2.60. The van der Waals surface area contributed by atoms with E-state index in [0.29, 0.717) is 12.3 Å². The van der Waals surface area contributed by atoms with Crippen molar-refractivity contribution in [2.75, 3.05) is 26.7 Å².